The van der Waals surface area contributed by atoms with Gasteiger partial charge in [-0.05, 0) is 39.3 Å². The molecule has 1 unspecified atom stereocenters. The van der Waals surface area contributed by atoms with Gasteiger partial charge in [-0.2, -0.15) is 0 Å². The summed E-state index contributed by atoms with van der Waals surface area (Å²) in [7, 11) is 0. The molecule has 6 heteroatoms. The van der Waals surface area contributed by atoms with Crippen molar-refractivity contribution in [3.63, 3.8) is 0 Å². The molecule has 2 fully saturated rings. The molecule has 0 aromatic carbocycles. The number of aryl methyl sites for hydroxylation is 1. The van der Waals surface area contributed by atoms with E-state index in [0.717, 1.165) is 51.6 Å². The van der Waals surface area contributed by atoms with Crippen LogP contribution in [0.1, 0.15) is 26.3 Å². The third kappa shape index (κ3) is 4.54. The number of rotatable bonds is 4. The fraction of sp³-hybridized carbons (Fsp3) is 0.700. The lowest BCUT2D eigenvalue weighted by molar-refractivity contribution is -0.135. The Morgan fingerprint density at radius 2 is 1.88 bits per heavy atom. The van der Waals surface area contributed by atoms with Crippen molar-refractivity contribution in [3.05, 3.63) is 23.9 Å². The first-order valence-electron chi connectivity index (χ1n) is 9.87. The third-order valence-electron chi connectivity index (χ3n) is 5.72. The molecule has 3 heterocycles. The first kappa shape index (κ1) is 19.1. The average Bonchev–Trinajstić information content (AvgIpc) is 2.64. The van der Waals surface area contributed by atoms with Crippen LogP contribution < -0.4 is 4.90 Å². The zero-order chi connectivity index (χ0) is 18.7. The molecule has 0 saturated carbocycles. The van der Waals surface area contributed by atoms with E-state index in [1.807, 2.05) is 11.1 Å². The Kier molecular flexibility index (Phi) is 6.14. The first-order chi connectivity index (χ1) is 12.4. The maximum atomic E-state index is 12.7. The molecular formula is C20H33N5O. The smallest absolute Gasteiger partial charge is 0.236 e. The fourth-order valence-corrected chi connectivity index (χ4v) is 3.85. The molecule has 0 spiro atoms. The summed E-state index contributed by atoms with van der Waals surface area (Å²) in [6.45, 7) is 15.7. The molecule has 144 valence electrons. The van der Waals surface area contributed by atoms with Gasteiger partial charge in [0.05, 0.1) is 6.54 Å². The van der Waals surface area contributed by atoms with Crippen LogP contribution in [0.3, 0.4) is 0 Å². The lowest BCUT2D eigenvalue weighted by atomic mass is 10.1. The minimum absolute atomic E-state index is 0.280. The number of anilines is 1. The van der Waals surface area contributed by atoms with Gasteiger partial charge in [-0.15, -0.1) is 0 Å². The van der Waals surface area contributed by atoms with Crippen LogP contribution in [0.4, 0.5) is 5.82 Å². The normalized spacial score (nSPS) is 22.9. The molecule has 0 aliphatic carbocycles. The highest BCUT2D eigenvalue weighted by Crippen LogP contribution is 2.17. The topological polar surface area (TPSA) is 42.9 Å². The van der Waals surface area contributed by atoms with Crippen molar-refractivity contribution >= 4 is 11.7 Å². The molecule has 1 aromatic heterocycles. The summed E-state index contributed by atoms with van der Waals surface area (Å²) < 4.78 is 0. The van der Waals surface area contributed by atoms with Gasteiger partial charge in [-0.1, -0.05) is 6.07 Å². The fourth-order valence-electron chi connectivity index (χ4n) is 3.85. The second-order valence-electron chi connectivity index (χ2n) is 7.97. The van der Waals surface area contributed by atoms with E-state index in [-0.39, 0.29) is 5.91 Å². The van der Waals surface area contributed by atoms with Gasteiger partial charge in [0.15, 0.2) is 0 Å². The molecule has 2 aliphatic heterocycles. The molecular weight excluding hydrogens is 326 g/mol. The number of hydrogen-bond donors (Lipinski definition) is 0. The van der Waals surface area contributed by atoms with Gasteiger partial charge in [-0.25, -0.2) is 4.98 Å². The lowest BCUT2D eigenvalue weighted by Crippen LogP contribution is -2.57. The quantitative estimate of drug-likeness (QED) is 0.814. The van der Waals surface area contributed by atoms with Crippen LogP contribution in [0.25, 0.3) is 0 Å². The van der Waals surface area contributed by atoms with E-state index in [9.17, 15) is 4.79 Å². The molecule has 1 atom stereocenters. The molecule has 1 amide bonds. The number of pyridine rings is 1. The Morgan fingerprint density at radius 3 is 2.46 bits per heavy atom. The Bertz CT molecular complexity index is 595. The van der Waals surface area contributed by atoms with Crippen molar-refractivity contribution in [1.29, 1.82) is 0 Å². The van der Waals surface area contributed by atoms with Crippen LogP contribution in [0.15, 0.2) is 18.3 Å². The third-order valence-corrected chi connectivity index (χ3v) is 5.72. The minimum atomic E-state index is 0.280. The minimum Gasteiger partial charge on any atom is -0.354 e. The summed E-state index contributed by atoms with van der Waals surface area (Å²) in [5, 5.41) is 0. The summed E-state index contributed by atoms with van der Waals surface area (Å²) in [6.07, 6.45) is 1.92. The van der Waals surface area contributed by atoms with Gasteiger partial charge < -0.3 is 9.80 Å². The predicted octanol–water partition coefficient (Wildman–Crippen LogP) is 1.45. The summed E-state index contributed by atoms with van der Waals surface area (Å²) in [5.41, 5.74) is 1.18. The Balaban J connectivity index is 1.49. The first-order valence-corrected chi connectivity index (χ1v) is 9.87. The highest BCUT2D eigenvalue weighted by atomic mass is 16.2. The van der Waals surface area contributed by atoms with Crippen LogP contribution in [0, 0.1) is 6.92 Å². The van der Waals surface area contributed by atoms with Gasteiger partial charge in [0.2, 0.25) is 5.91 Å². The standard InChI is InChI=1S/C20H33N5O/c1-16(2)22-7-9-23(10-8-22)20(26)15-24-11-12-25(14-18(24)4)19-6-5-17(3)13-21-19/h5-6,13,16,18H,7-12,14-15H2,1-4H3. The van der Waals surface area contributed by atoms with Gasteiger partial charge >= 0.3 is 0 Å². The SMILES string of the molecule is Cc1ccc(N2CCN(CC(=O)N3CCN(C(C)C)CC3)C(C)C2)nc1. The van der Waals surface area contributed by atoms with Gasteiger partial charge in [0.25, 0.3) is 0 Å². The number of aromatic nitrogens is 1. The molecule has 1 aromatic rings. The van der Waals surface area contributed by atoms with Crippen molar-refractivity contribution in [2.75, 3.05) is 57.3 Å². The zero-order valence-electron chi connectivity index (χ0n) is 16.7. The Labute approximate surface area is 157 Å². The molecule has 0 N–H and O–H groups in total. The number of amides is 1. The molecule has 0 bridgehead atoms. The van der Waals surface area contributed by atoms with E-state index in [0.29, 0.717) is 18.6 Å². The van der Waals surface area contributed by atoms with Crippen LogP contribution in [0.2, 0.25) is 0 Å². The van der Waals surface area contributed by atoms with E-state index in [1.54, 1.807) is 0 Å². The molecule has 0 radical (unpaired) electrons. The number of piperazine rings is 2. The maximum Gasteiger partial charge on any atom is 0.236 e. The molecule has 2 saturated heterocycles. The van der Waals surface area contributed by atoms with Crippen LogP contribution >= 0.6 is 0 Å². The van der Waals surface area contributed by atoms with Crippen molar-refractivity contribution < 1.29 is 4.79 Å². The number of nitrogens with zero attached hydrogens (tertiary/aromatic N) is 5. The summed E-state index contributed by atoms with van der Waals surface area (Å²) in [5.74, 6) is 1.32. The maximum absolute atomic E-state index is 12.7. The van der Waals surface area contributed by atoms with Crippen molar-refractivity contribution in [3.8, 4) is 0 Å². The second kappa shape index (κ2) is 8.35. The van der Waals surface area contributed by atoms with Crippen molar-refractivity contribution in [2.45, 2.75) is 39.8 Å². The number of hydrogen-bond acceptors (Lipinski definition) is 5. The molecule has 3 rings (SSSR count). The number of carbonyl (C=O) groups excluding carboxylic acids is 1. The predicted molar refractivity (Wildman–Crippen MR) is 106 cm³/mol. The molecule has 2 aliphatic rings. The van der Waals surface area contributed by atoms with E-state index in [4.69, 9.17) is 0 Å². The van der Waals surface area contributed by atoms with Crippen molar-refractivity contribution in [1.82, 2.24) is 19.7 Å². The van der Waals surface area contributed by atoms with E-state index < -0.39 is 0 Å². The van der Waals surface area contributed by atoms with E-state index >= 15 is 0 Å². The van der Waals surface area contributed by atoms with E-state index in [1.165, 1.54) is 5.56 Å². The summed E-state index contributed by atoms with van der Waals surface area (Å²) in [4.78, 5) is 26.4. The zero-order valence-corrected chi connectivity index (χ0v) is 16.7. The van der Waals surface area contributed by atoms with Gasteiger partial charge in [-0.3, -0.25) is 14.6 Å². The summed E-state index contributed by atoms with van der Waals surface area (Å²) >= 11 is 0. The highest BCUT2D eigenvalue weighted by Gasteiger charge is 2.29. The van der Waals surface area contributed by atoms with Crippen molar-refractivity contribution in [2.24, 2.45) is 0 Å². The molecule has 6 nitrogen and oxygen atoms in total. The Morgan fingerprint density at radius 1 is 1.15 bits per heavy atom. The Hall–Kier alpha value is -1.66. The lowest BCUT2D eigenvalue weighted by Gasteiger charge is -2.42. The second-order valence-corrected chi connectivity index (χ2v) is 7.97. The van der Waals surface area contributed by atoms with Crippen LogP contribution in [0.5, 0.6) is 0 Å². The molecule has 26 heavy (non-hydrogen) atoms. The van der Waals surface area contributed by atoms with Crippen LogP contribution in [-0.2, 0) is 4.79 Å². The highest BCUT2D eigenvalue weighted by molar-refractivity contribution is 5.78. The van der Waals surface area contributed by atoms with Gasteiger partial charge in [0.1, 0.15) is 5.82 Å². The van der Waals surface area contributed by atoms with E-state index in [2.05, 4.69) is 59.5 Å². The van der Waals surface area contributed by atoms with Gasteiger partial charge in [0, 0.05) is 64.1 Å². The summed E-state index contributed by atoms with van der Waals surface area (Å²) in [6, 6.07) is 5.13. The average molecular weight is 360 g/mol. The monoisotopic (exact) mass is 359 g/mol. The van der Waals surface area contributed by atoms with Crippen LogP contribution in [-0.4, -0.2) is 90.0 Å². The number of carbonyl (C=O) groups is 1. The largest absolute Gasteiger partial charge is 0.354 e.